The maximum Gasteiger partial charge on any atom is 0.269 e. The minimum absolute atomic E-state index is 0.0728. The maximum absolute atomic E-state index is 13.1. The van der Waals surface area contributed by atoms with Crippen LogP contribution in [0.4, 0.5) is 5.69 Å². The number of hydrogen-bond acceptors (Lipinski definition) is 5. The van der Waals surface area contributed by atoms with Gasteiger partial charge in [-0.25, -0.2) is 8.42 Å². The molecule has 1 aliphatic heterocycles. The first kappa shape index (κ1) is 17.5. The molecule has 8 heteroatoms. The van der Waals surface area contributed by atoms with Gasteiger partial charge in [-0.2, -0.15) is 4.31 Å². The lowest BCUT2D eigenvalue weighted by molar-refractivity contribution is -0.384. The van der Waals surface area contributed by atoms with Gasteiger partial charge in [0, 0.05) is 31.8 Å². The predicted octanol–water partition coefficient (Wildman–Crippen LogP) is 2.27. The first-order valence-corrected chi connectivity index (χ1v) is 9.33. The molecular formula is C17H19N3O4S. The molecule has 1 saturated heterocycles. The summed E-state index contributed by atoms with van der Waals surface area (Å²) in [6.07, 6.45) is 0. The highest BCUT2D eigenvalue weighted by molar-refractivity contribution is 7.89. The molecule has 132 valence electrons. The van der Waals surface area contributed by atoms with E-state index in [4.69, 9.17) is 0 Å². The lowest BCUT2D eigenvalue weighted by atomic mass is 10.1. The number of sulfonamides is 1. The Kier molecular flexibility index (Phi) is 4.85. The van der Waals surface area contributed by atoms with E-state index in [2.05, 4.69) is 4.90 Å². The molecule has 1 aliphatic rings. The number of hydrogen-bond donors (Lipinski definition) is 0. The molecular weight excluding hydrogens is 342 g/mol. The van der Waals surface area contributed by atoms with Gasteiger partial charge in [-0.15, -0.1) is 0 Å². The fraction of sp³-hybridized carbons (Fsp3) is 0.294. The largest absolute Gasteiger partial charge is 0.303 e. The first-order valence-electron chi connectivity index (χ1n) is 7.89. The quantitative estimate of drug-likeness (QED) is 0.616. The van der Waals surface area contributed by atoms with Crippen molar-refractivity contribution in [1.82, 2.24) is 9.21 Å². The van der Waals surface area contributed by atoms with Gasteiger partial charge in [0.2, 0.25) is 10.0 Å². The van der Waals surface area contributed by atoms with Crippen molar-refractivity contribution in [2.24, 2.45) is 0 Å². The minimum atomic E-state index is -3.74. The summed E-state index contributed by atoms with van der Waals surface area (Å²) >= 11 is 0. The Labute approximate surface area is 146 Å². The summed E-state index contributed by atoms with van der Waals surface area (Å²) in [7, 11) is -1.78. The maximum atomic E-state index is 13.1. The number of nitro groups is 1. The van der Waals surface area contributed by atoms with Gasteiger partial charge in [-0.3, -0.25) is 10.1 Å². The normalized spacial score (nSPS) is 19.6. The van der Waals surface area contributed by atoms with Crippen LogP contribution in [0.15, 0.2) is 59.5 Å². The van der Waals surface area contributed by atoms with Crippen LogP contribution >= 0.6 is 0 Å². The molecule has 0 radical (unpaired) electrons. The molecule has 1 fully saturated rings. The van der Waals surface area contributed by atoms with Gasteiger partial charge in [0.25, 0.3) is 5.69 Å². The van der Waals surface area contributed by atoms with E-state index >= 15 is 0 Å². The van der Waals surface area contributed by atoms with Crippen LogP contribution in [0, 0.1) is 10.1 Å². The van der Waals surface area contributed by atoms with Crippen molar-refractivity contribution < 1.29 is 13.3 Å². The summed E-state index contributed by atoms with van der Waals surface area (Å²) in [4.78, 5) is 12.4. The molecule has 7 nitrogen and oxygen atoms in total. The zero-order valence-electron chi connectivity index (χ0n) is 13.8. The van der Waals surface area contributed by atoms with E-state index in [1.165, 1.54) is 28.6 Å². The number of nitro benzene ring substituents is 1. The number of piperazine rings is 1. The molecule has 25 heavy (non-hydrogen) atoms. The third-order valence-corrected chi connectivity index (χ3v) is 6.30. The monoisotopic (exact) mass is 361 g/mol. The van der Waals surface area contributed by atoms with Crippen molar-refractivity contribution in [3.63, 3.8) is 0 Å². The summed E-state index contributed by atoms with van der Waals surface area (Å²) in [6.45, 7) is 1.60. The van der Waals surface area contributed by atoms with Gasteiger partial charge in [0.15, 0.2) is 0 Å². The standard InChI is InChI=1S/C17H19N3O4S/c1-18-11-12-19(17(13-18)14-5-3-2-4-6-14)25(23,24)16-9-7-15(8-10-16)20(21)22/h2-10,17H,11-13H2,1H3/t17-/m0/s1. The second kappa shape index (κ2) is 6.91. The summed E-state index contributed by atoms with van der Waals surface area (Å²) in [5, 5.41) is 10.8. The highest BCUT2D eigenvalue weighted by Crippen LogP contribution is 2.31. The van der Waals surface area contributed by atoms with Crippen molar-refractivity contribution in [3.05, 3.63) is 70.3 Å². The zero-order chi connectivity index (χ0) is 18.0. The molecule has 0 spiro atoms. The molecule has 0 N–H and O–H groups in total. The van der Waals surface area contributed by atoms with E-state index < -0.39 is 14.9 Å². The molecule has 0 saturated carbocycles. The van der Waals surface area contributed by atoms with Crippen LogP contribution in [-0.4, -0.2) is 49.2 Å². The Hall–Kier alpha value is -2.29. The first-order chi connectivity index (χ1) is 11.9. The fourth-order valence-electron chi connectivity index (χ4n) is 3.01. The summed E-state index contributed by atoms with van der Waals surface area (Å²) < 4.78 is 27.7. The SMILES string of the molecule is CN1CCN(S(=O)(=O)c2ccc([N+](=O)[O-])cc2)[C@H](c2ccccc2)C1. The summed E-state index contributed by atoms with van der Waals surface area (Å²) in [6, 6.07) is 14.3. The van der Waals surface area contributed by atoms with E-state index in [-0.39, 0.29) is 16.6 Å². The zero-order valence-corrected chi connectivity index (χ0v) is 14.6. The number of non-ortho nitro benzene ring substituents is 1. The van der Waals surface area contributed by atoms with Crippen LogP contribution in [0.25, 0.3) is 0 Å². The molecule has 0 amide bonds. The molecule has 0 bridgehead atoms. The van der Waals surface area contributed by atoms with Gasteiger partial charge < -0.3 is 4.90 Å². The van der Waals surface area contributed by atoms with Crippen molar-refractivity contribution in [1.29, 1.82) is 0 Å². The Morgan fingerprint density at radius 3 is 2.28 bits per heavy atom. The van der Waals surface area contributed by atoms with Crippen LogP contribution < -0.4 is 0 Å². The Morgan fingerprint density at radius 1 is 1.04 bits per heavy atom. The van der Waals surface area contributed by atoms with E-state index in [0.717, 1.165) is 5.56 Å². The smallest absolute Gasteiger partial charge is 0.269 e. The van der Waals surface area contributed by atoms with Crippen LogP contribution in [-0.2, 0) is 10.0 Å². The van der Waals surface area contributed by atoms with Gasteiger partial charge >= 0.3 is 0 Å². The van der Waals surface area contributed by atoms with Crippen molar-refractivity contribution in [2.75, 3.05) is 26.7 Å². The number of benzene rings is 2. The molecule has 2 aromatic rings. The molecule has 1 heterocycles. The molecule has 3 rings (SSSR count). The Balaban J connectivity index is 1.97. The molecule has 0 aromatic heterocycles. The van der Waals surface area contributed by atoms with E-state index in [9.17, 15) is 18.5 Å². The topological polar surface area (TPSA) is 83.8 Å². The second-order valence-electron chi connectivity index (χ2n) is 6.06. The average molecular weight is 361 g/mol. The van der Waals surface area contributed by atoms with Crippen LogP contribution in [0.1, 0.15) is 11.6 Å². The van der Waals surface area contributed by atoms with E-state index in [1.54, 1.807) is 0 Å². The Bertz CT molecular complexity index is 853. The molecule has 0 unspecified atom stereocenters. The van der Waals surface area contributed by atoms with E-state index in [0.29, 0.717) is 19.6 Å². The lowest BCUT2D eigenvalue weighted by Gasteiger charge is -2.39. The highest BCUT2D eigenvalue weighted by Gasteiger charge is 2.36. The number of nitrogens with zero attached hydrogens (tertiary/aromatic N) is 3. The second-order valence-corrected chi connectivity index (χ2v) is 7.95. The lowest BCUT2D eigenvalue weighted by Crippen LogP contribution is -2.49. The summed E-state index contributed by atoms with van der Waals surface area (Å²) in [5.41, 5.74) is 0.802. The van der Waals surface area contributed by atoms with E-state index in [1.807, 2.05) is 37.4 Å². The van der Waals surface area contributed by atoms with Gasteiger partial charge in [0.1, 0.15) is 0 Å². The van der Waals surface area contributed by atoms with Crippen molar-refractivity contribution in [3.8, 4) is 0 Å². The molecule has 1 atom stereocenters. The van der Waals surface area contributed by atoms with Gasteiger partial charge in [0.05, 0.1) is 15.9 Å². The van der Waals surface area contributed by atoms with Crippen molar-refractivity contribution in [2.45, 2.75) is 10.9 Å². The fourth-order valence-corrected chi connectivity index (χ4v) is 4.61. The predicted molar refractivity (Wildman–Crippen MR) is 93.7 cm³/mol. The van der Waals surface area contributed by atoms with Crippen molar-refractivity contribution >= 4 is 15.7 Å². The average Bonchev–Trinajstić information content (AvgIpc) is 2.62. The van der Waals surface area contributed by atoms with Crippen LogP contribution in [0.5, 0.6) is 0 Å². The molecule has 0 aliphatic carbocycles. The van der Waals surface area contributed by atoms with Crippen LogP contribution in [0.2, 0.25) is 0 Å². The summed E-state index contributed by atoms with van der Waals surface area (Å²) in [5.74, 6) is 0. The van der Waals surface area contributed by atoms with Crippen LogP contribution in [0.3, 0.4) is 0 Å². The third-order valence-electron chi connectivity index (χ3n) is 4.37. The third kappa shape index (κ3) is 3.55. The number of likely N-dealkylation sites (N-methyl/N-ethyl adjacent to an activating group) is 1. The number of rotatable bonds is 4. The van der Waals surface area contributed by atoms with Gasteiger partial charge in [-0.05, 0) is 24.7 Å². The molecule has 2 aromatic carbocycles. The highest BCUT2D eigenvalue weighted by atomic mass is 32.2. The van der Waals surface area contributed by atoms with Gasteiger partial charge in [-0.1, -0.05) is 30.3 Å². The minimum Gasteiger partial charge on any atom is -0.303 e. The Morgan fingerprint density at radius 2 is 1.68 bits per heavy atom.